The summed E-state index contributed by atoms with van der Waals surface area (Å²) in [7, 11) is 3.71. The molecule has 0 aliphatic heterocycles. The number of nitriles is 1. The normalized spacial score (nSPS) is 10.8. The lowest BCUT2D eigenvalue weighted by molar-refractivity contribution is 0.418. The topological polar surface area (TPSA) is 37.9 Å². The van der Waals surface area contributed by atoms with E-state index >= 15 is 0 Å². The maximum absolute atomic E-state index is 9.00. The summed E-state index contributed by atoms with van der Waals surface area (Å²) in [6, 6.07) is 14.4. The summed E-state index contributed by atoms with van der Waals surface area (Å²) in [4.78, 5) is 0. The molecule has 2 aromatic carbocycles. The minimum absolute atomic E-state index is 0.411. The molecule has 0 atom stereocenters. The van der Waals surface area contributed by atoms with Gasteiger partial charge in [0.1, 0.15) is 5.75 Å². The van der Waals surface area contributed by atoms with Crippen LogP contribution in [-0.4, -0.2) is 11.7 Å². The van der Waals surface area contributed by atoms with Crippen molar-refractivity contribution in [2.45, 2.75) is 6.42 Å². The van der Waals surface area contributed by atoms with Gasteiger partial charge in [-0.3, -0.25) is 0 Å². The number of fused-ring (bicyclic) bond motifs is 3. The van der Waals surface area contributed by atoms with Crippen molar-refractivity contribution in [1.82, 2.24) is 4.57 Å². The van der Waals surface area contributed by atoms with Crippen LogP contribution in [0.2, 0.25) is 0 Å². The molecule has 0 saturated heterocycles. The van der Waals surface area contributed by atoms with E-state index in [1.807, 2.05) is 31.3 Å². The molecule has 3 aromatic rings. The number of benzene rings is 2. The first-order valence-corrected chi connectivity index (χ1v) is 6.18. The monoisotopic (exact) mass is 250 g/mol. The van der Waals surface area contributed by atoms with E-state index in [4.69, 9.17) is 10.00 Å². The summed E-state index contributed by atoms with van der Waals surface area (Å²) in [6.07, 6.45) is 0.411. The van der Waals surface area contributed by atoms with Gasteiger partial charge < -0.3 is 9.30 Å². The van der Waals surface area contributed by atoms with Gasteiger partial charge in [-0.05, 0) is 17.7 Å². The molecule has 0 amide bonds. The Morgan fingerprint density at radius 2 is 2.00 bits per heavy atom. The van der Waals surface area contributed by atoms with Gasteiger partial charge in [0.05, 0.1) is 25.1 Å². The average Bonchev–Trinajstić information content (AvgIpc) is 2.75. The maximum atomic E-state index is 9.00. The van der Waals surface area contributed by atoms with Crippen molar-refractivity contribution in [1.29, 1.82) is 5.26 Å². The predicted molar refractivity (Wildman–Crippen MR) is 76.3 cm³/mol. The molecular formula is C16H14N2O. The van der Waals surface area contributed by atoms with Crippen molar-refractivity contribution in [2.24, 2.45) is 7.05 Å². The van der Waals surface area contributed by atoms with Gasteiger partial charge in [0.25, 0.3) is 0 Å². The summed E-state index contributed by atoms with van der Waals surface area (Å²) in [5.74, 6) is 0.843. The summed E-state index contributed by atoms with van der Waals surface area (Å²) < 4.78 is 7.60. The van der Waals surface area contributed by atoms with Gasteiger partial charge in [-0.15, -0.1) is 0 Å². The fourth-order valence-electron chi connectivity index (χ4n) is 2.74. The Balaban J connectivity index is 2.56. The van der Waals surface area contributed by atoms with Crippen LogP contribution in [0, 0.1) is 11.3 Å². The molecule has 3 heteroatoms. The molecule has 0 radical (unpaired) electrons. The van der Waals surface area contributed by atoms with Crippen LogP contribution in [0.5, 0.6) is 5.75 Å². The third kappa shape index (κ3) is 1.57. The highest BCUT2D eigenvalue weighted by Gasteiger charge is 2.15. The Labute approximate surface area is 111 Å². The Hall–Kier alpha value is -2.47. The van der Waals surface area contributed by atoms with Gasteiger partial charge in [-0.1, -0.05) is 24.3 Å². The fourth-order valence-corrected chi connectivity index (χ4v) is 2.74. The van der Waals surface area contributed by atoms with Gasteiger partial charge in [0.15, 0.2) is 0 Å². The number of methoxy groups -OCH3 is 1. The van der Waals surface area contributed by atoms with Gasteiger partial charge in [-0.25, -0.2) is 0 Å². The molecular weight excluding hydrogens is 236 g/mol. The van der Waals surface area contributed by atoms with E-state index < -0.39 is 0 Å². The van der Waals surface area contributed by atoms with Gasteiger partial charge in [0.2, 0.25) is 0 Å². The van der Waals surface area contributed by atoms with E-state index in [1.54, 1.807) is 7.11 Å². The SMILES string of the molecule is COc1ccc(CC#N)c2c3ccccc3n(C)c12. The van der Waals surface area contributed by atoms with E-state index in [2.05, 4.69) is 22.8 Å². The van der Waals surface area contributed by atoms with Crippen LogP contribution in [0.15, 0.2) is 36.4 Å². The number of nitrogens with zero attached hydrogens (tertiary/aromatic N) is 2. The highest BCUT2D eigenvalue weighted by atomic mass is 16.5. The lowest BCUT2D eigenvalue weighted by Crippen LogP contribution is -1.93. The average molecular weight is 250 g/mol. The molecule has 0 unspecified atom stereocenters. The molecule has 0 bridgehead atoms. The fraction of sp³-hybridized carbons (Fsp3) is 0.188. The number of hydrogen-bond acceptors (Lipinski definition) is 2. The predicted octanol–water partition coefficient (Wildman–Crippen LogP) is 3.41. The number of aryl methyl sites for hydroxylation is 1. The summed E-state index contributed by atoms with van der Waals surface area (Å²) in [5, 5.41) is 11.3. The summed E-state index contributed by atoms with van der Waals surface area (Å²) >= 11 is 0. The second kappa shape index (κ2) is 4.33. The van der Waals surface area contributed by atoms with Crippen LogP contribution in [0.4, 0.5) is 0 Å². The van der Waals surface area contributed by atoms with Gasteiger partial charge in [0, 0.05) is 23.3 Å². The molecule has 3 nitrogen and oxygen atoms in total. The molecule has 3 rings (SSSR count). The van der Waals surface area contributed by atoms with Crippen molar-refractivity contribution < 1.29 is 4.74 Å². The van der Waals surface area contributed by atoms with Crippen LogP contribution in [-0.2, 0) is 13.5 Å². The number of rotatable bonds is 2. The van der Waals surface area contributed by atoms with Crippen molar-refractivity contribution in [3.63, 3.8) is 0 Å². The Bertz CT molecular complexity index is 809. The molecule has 0 aliphatic rings. The Morgan fingerprint density at radius 1 is 1.21 bits per heavy atom. The number of ether oxygens (including phenoxy) is 1. The molecule has 0 fully saturated rings. The Kier molecular flexibility index (Phi) is 2.64. The van der Waals surface area contributed by atoms with E-state index in [-0.39, 0.29) is 0 Å². The molecule has 19 heavy (non-hydrogen) atoms. The zero-order chi connectivity index (χ0) is 13.4. The molecule has 0 aliphatic carbocycles. The molecule has 1 heterocycles. The minimum Gasteiger partial charge on any atom is -0.495 e. The van der Waals surface area contributed by atoms with Crippen LogP contribution < -0.4 is 4.74 Å². The number of para-hydroxylation sites is 1. The van der Waals surface area contributed by atoms with E-state index in [0.29, 0.717) is 6.42 Å². The minimum atomic E-state index is 0.411. The molecule has 1 aromatic heterocycles. The van der Waals surface area contributed by atoms with Crippen LogP contribution in [0.1, 0.15) is 5.56 Å². The standard InChI is InChI=1S/C16H14N2O/c1-18-13-6-4-3-5-12(13)15-11(9-10-17)7-8-14(19-2)16(15)18/h3-8H,9H2,1-2H3. The van der Waals surface area contributed by atoms with Crippen molar-refractivity contribution in [3.8, 4) is 11.8 Å². The van der Waals surface area contributed by atoms with Gasteiger partial charge in [-0.2, -0.15) is 5.26 Å². The molecule has 0 N–H and O–H groups in total. The highest BCUT2D eigenvalue weighted by Crippen LogP contribution is 2.36. The second-order valence-corrected chi connectivity index (χ2v) is 4.56. The van der Waals surface area contributed by atoms with E-state index in [9.17, 15) is 0 Å². The quantitative estimate of drug-likeness (QED) is 0.699. The summed E-state index contributed by atoms with van der Waals surface area (Å²) in [6.45, 7) is 0. The number of hydrogen-bond donors (Lipinski definition) is 0. The van der Waals surface area contributed by atoms with Crippen molar-refractivity contribution in [2.75, 3.05) is 7.11 Å². The van der Waals surface area contributed by atoms with E-state index in [0.717, 1.165) is 27.7 Å². The first-order valence-electron chi connectivity index (χ1n) is 6.18. The second-order valence-electron chi connectivity index (χ2n) is 4.56. The first-order chi connectivity index (χ1) is 9.27. The maximum Gasteiger partial charge on any atom is 0.143 e. The molecule has 0 spiro atoms. The summed E-state index contributed by atoms with van der Waals surface area (Å²) in [5.41, 5.74) is 3.26. The zero-order valence-electron chi connectivity index (χ0n) is 11.0. The number of aromatic nitrogens is 1. The third-order valence-electron chi connectivity index (χ3n) is 3.59. The first kappa shape index (κ1) is 11.6. The van der Waals surface area contributed by atoms with Crippen molar-refractivity contribution in [3.05, 3.63) is 42.0 Å². The lowest BCUT2D eigenvalue weighted by Gasteiger charge is -2.07. The Morgan fingerprint density at radius 3 is 2.74 bits per heavy atom. The van der Waals surface area contributed by atoms with Crippen LogP contribution in [0.25, 0.3) is 21.8 Å². The van der Waals surface area contributed by atoms with E-state index in [1.165, 1.54) is 5.39 Å². The third-order valence-corrected chi connectivity index (χ3v) is 3.59. The van der Waals surface area contributed by atoms with Crippen LogP contribution in [0.3, 0.4) is 0 Å². The smallest absolute Gasteiger partial charge is 0.143 e. The zero-order valence-corrected chi connectivity index (χ0v) is 11.0. The van der Waals surface area contributed by atoms with Crippen molar-refractivity contribution >= 4 is 21.8 Å². The molecule has 0 saturated carbocycles. The highest BCUT2D eigenvalue weighted by molar-refractivity contribution is 6.11. The molecule has 94 valence electrons. The van der Waals surface area contributed by atoms with Gasteiger partial charge >= 0.3 is 0 Å². The lowest BCUT2D eigenvalue weighted by atomic mass is 10.0. The van der Waals surface area contributed by atoms with Crippen LogP contribution >= 0.6 is 0 Å². The largest absolute Gasteiger partial charge is 0.495 e.